The first kappa shape index (κ1) is 9.46. The predicted octanol–water partition coefficient (Wildman–Crippen LogP) is -2.31. The van der Waals surface area contributed by atoms with Gasteiger partial charge in [0, 0.05) is 0 Å². The molecule has 72 valence electrons. The van der Waals surface area contributed by atoms with Crippen LogP contribution in [0.2, 0.25) is 0 Å². The van der Waals surface area contributed by atoms with Crippen molar-refractivity contribution >= 4 is 6.09 Å². The molecule has 0 fully saturated rings. The van der Waals surface area contributed by atoms with Gasteiger partial charge in [0.25, 0.3) is 6.26 Å². The monoisotopic (exact) mass is 198 g/mol. The molecule has 0 amide bonds. The van der Waals surface area contributed by atoms with Crippen molar-refractivity contribution in [1.82, 2.24) is 14.5 Å². The lowest BCUT2D eigenvalue weighted by molar-refractivity contribution is 0.189. The average molecular weight is 198 g/mol. The van der Waals surface area contributed by atoms with E-state index in [2.05, 4.69) is 4.74 Å². The van der Waals surface area contributed by atoms with E-state index >= 15 is 0 Å². The minimum absolute atomic E-state index is 0.0649. The highest BCUT2D eigenvalue weighted by molar-refractivity contribution is 5.70. The highest BCUT2D eigenvalue weighted by atomic mass is 16.5. The Kier molecular flexibility index (Phi) is 2.30. The van der Waals surface area contributed by atoms with E-state index in [1.54, 1.807) is 9.97 Å². The molecule has 0 aromatic carbocycles. The maximum absolute atomic E-state index is 10.9. The molecule has 0 unspecified atom stereocenters. The van der Waals surface area contributed by atoms with E-state index in [-0.39, 0.29) is 4.57 Å². The van der Waals surface area contributed by atoms with Crippen molar-refractivity contribution < 1.29 is 9.53 Å². The summed E-state index contributed by atoms with van der Waals surface area (Å²) in [6.07, 6.45) is -0.510. The SMILES string of the molecule is N#COC(=O)n1c(=O)[nH]c(=O)[nH]c1=O. The minimum atomic E-state index is -1.49. The van der Waals surface area contributed by atoms with Crippen LogP contribution in [-0.4, -0.2) is 20.6 Å². The number of ether oxygens (including phenoxy) is 1. The number of carbonyl (C=O) groups is 1. The minimum Gasteiger partial charge on any atom is -0.333 e. The summed E-state index contributed by atoms with van der Waals surface area (Å²) in [4.78, 5) is 46.2. The van der Waals surface area contributed by atoms with Crippen molar-refractivity contribution in [1.29, 1.82) is 5.26 Å². The Labute approximate surface area is 74.2 Å². The Bertz CT molecular complexity index is 535. The van der Waals surface area contributed by atoms with E-state index in [1.165, 1.54) is 0 Å². The van der Waals surface area contributed by atoms with E-state index in [4.69, 9.17) is 5.26 Å². The molecule has 0 saturated carbocycles. The Morgan fingerprint density at radius 3 is 2.21 bits per heavy atom. The van der Waals surface area contributed by atoms with Crippen LogP contribution >= 0.6 is 0 Å². The third-order valence-electron chi connectivity index (χ3n) is 1.16. The number of nitrogens with zero attached hydrogens (tertiary/aromatic N) is 2. The largest absolute Gasteiger partial charge is 0.442 e. The van der Waals surface area contributed by atoms with Crippen molar-refractivity contribution in [3.8, 4) is 6.26 Å². The Morgan fingerprint density at radius 1 is 1.29 bits per heavy atom. The van der Waals surface area contributed by atoms with Gasteiger partial charge in [-0.1, -0.05) is 0 Å². The van der Waals surface area contributed by atoms with Crippen molar-refractivity contribution in [3.63, 3.8) is 0 Å². The molecular formula is C5H2N4O5. The topological polar surface area (TPSA) is 138 Å². The number of H-pyrrole nitrogens is 2. The first-order valence-corrected chi connectivity index (χ1v) is 3.12. The van der Waals surface area contributed by atoms with Gasteiger partial charge in [0.2, 0.25) is 0 Å². The summed E-state index contributed by atoms with van der Waals surface area (Å²) >= 11 is 0. The van der Waals surface area contributed by atoms with Crippen LogP contribution in [0.3, 0.4) is 0 Å². The van der Waals surface area contributed by atoms with Gasteiger partial charge in [-0.05, 0) is 0 Å². The Morgan fingerprint density at radius 2 is 1.79 bits per heavy atom. The molecule has 9 nitrogen and oxygen atoms in total. The molecule has 0 spiro atoms. The smallest absolute Gasteiger partial charge is 0.333 e. The summed E-state index contributed by atoms with van der Waals surface area (Å²) in [5, 5.41) is 7.94. The molecule has 1 rings (SSSR count). The molecule has 0 atom stereocenters. The van der Waals surface area contributed by atoms with Crippen LogP contribution in [0.5, 0.6) is 0 Å². The summed E-state index contributed by atoms with van der Waals surface area (Å²) in [5.74, 6) is 0. The van der Waals surface area contributed by atoms with Crippen LogP contribution in [0.4, 0.5) is 4.79 Å². The predicted molar refractivity (Wildman–Crippen MR) is 39.4 cm³/mol. The Hall–Kier alpha value is -2.63. The molecule has 2 N–H and O–H groups in total. The van der Waals surface area contributed by atoms with Crippen LogP contribution in [0.15, 0.2) is 14.4 Å². The molecule has 1 heterocycles. The molecular weight excluding hydrogens is 196 g/mol. The maximum Gasteiger partial charge on any atom is 0.442 e. The summed E-state index contributed by atoms with van der Waals surface area (Å²) in [6, 6.07) is 0. The fourth-order valence-electron chi connectivity index (χ4n) is 0.680. The molecule has 0 radical (unpaired) electrons. The second-order valence-electron chi connectivity index (χ2n) is 1.98. The van der Waals surface area contributed by atoms with E-state index in [9.17, 15) is 19.2 Å². The highest BCUT2D eigenvalue weighted by Crippen LogP contribution is 1.75. The Balaban J connectivity index is 3.45. The first-order chi connectivity index (χ1) is 6.56. The van der Waals surface area contributed by atoms with Gasteiger partial charge >= 0.3 is 23.2 Å². The molecule has 0 bridgehead atoms. The summed E-state index contributed by atoms with van der Waals surface area (Å²) < 4.78 is 3.65. The number of nitriles is 1. The van der Waals surface area contributed by atoms with E-state index in [0.717, 1.165) is 6.26 Å². The zero-order valence-corrected chi connectivity index (χ0v) is 6.44. The van der Waals surface area contributed by atoms with Crippen molar-refractivity contribution in [2.24, 2.45) is 0 Å². The van der Waals surface area contributed by atoms with Gasteiger partial charge < -0.3 is 4.74 Å². The number of aromatic amines is 2. The van der Waals surface area contributed by atoms with Gasteiger partial charge in [0.05, 0.1) is 0 Å². The fourth-order valence-corrected chi connectivity index (χ4v) is 0.680. The summed E-state index contributed by atoms with van der Waals surface area (Å²) in [7, 11) is 0. The van der Waals surface area contributed by atoms with E-state index in [1.807, 2.05) is 0 Å². The number of rotatable bonds is 0. The van der Waals surface area contributed by atoms with Crippen molar-refractivity contribution in [2.45, 2.75) is 0 Å². The lowest BCUT2D eigenvalue weighted by atomic mass is 10.9. The third-order valence-corrected chi connectivity index (χ3v) is 1.16. The standard InChI is InChI=1S/C5H2N4O5/c6-1-14-5(13)9-3(11)7-2(10)8-4(9)12/h(H2,7,8,10,11,12). The number of hydrogen-bond donors (Lipinski definition) is 2. The van der Waals surface area contributed by atoms with Gasteiger partial charge in [-0.25, -0.2) is 19.2 Å². The lowest BCUT2D eigenvalue weighted by Crippen LogP contribution is -2.46. The summed E-state index contributed by atoms with van der Waals surface area (Å²) in [5.41, 5.74) is -3.61. The highest BCUT2D eigenvalue weighted by Gasteiger charge is 2.13. The van der Waals surface area contributed by atoms with Crippen molar-refractivity contribution in [2.75, 3.05) is 0 Å². The fraction of sp³-hybridized carbons (Fsp3) is 0. The van der Waals surface area contributed by atoms with Crippen LogP contribution < -0.4 is 17.1 Å². The molecule has 9 heteroatoms. The van der Waals surface area contributed by atoms with Crippen molar-refractivity contribution in [3.05, 3.63) is 31.5 Å². The molecule has 0 aliphatic carbocycles. The number of hydrogen-bond acceptors (Lipinski definition) is 6. The lowest BCUT2D eigenvalue weighted by Gasteiger charge is -1.95. The molecule has 1 aromatic rings. The second kappa shape index (κ2) is 3.40. The summed E-state index contributed by atoms with van der Waals surface area (Å²) in [6.45, 7) is 0. The maximum atomic E-state index is 10.9. The van der Waals surface area contributed by atoms with Crippen LogP contribution in [0, 0.1) is 11.5 Å². The average Bonchev–Trinajstić information content (AvgIpc) is 2.01. The van der Waals surface area contributed by atoms with E-state index in [0.29, 0.717) is 0 Å². The third kappa shape index (κ3) is 1.58. The van der Waals surface area contributed by atoms with Gasteiger partial charge in [-0.2, -0.15) is 0 Å². The second-order valence-corrected chi connectivity index (χ2v) is 1.98. The number of carbonyl (C=O) groups excluding carboxylic acids is 1. The van der Waals surface area contributed by atoms with Gasteiger partial charge in [0.1, 0.15) is 0 Å². The van der Waals surface area contributed by atoms with Gasteiger partial charge in [0.15, 0.2) is 0 Å². The number of aromatic nitrogens is 3. The zero-order valence-electron chi connectivity index (χ0n) is 6.44. The molecule has 14 heavy (non-hydrogen) atoms. The molecule has 0 aliphatic rings. The molecule has 0 saturated heterocycles. The van der Waals surface area contributed by atoms with Crippen LogP contribution in [0.25, 0.3) is 0 Å². The molecule has 1 aromatic heterocycles. The first-order valence-electron chi connectivity index (χ1n) is 3.12. The van der Waals surface area contributed by atoms with Crippen LogP contribution in [0.1, 0.15) is 0 Å². The normalized spacial score (nSPS) is 9.07. The van der Waals surface area contributed by atoms with Gasteiger partial charge in [-0.15, -0.1) is 9.83 Å². The zero-order chi connectivity index (χ0) is 10.7. The quantitative estimate of drug-likeness (QED) is 0.449. The number of nitrogens with one attached hydrogen (secondary N) is 2. The van der Waals surface area contributed by atoms with Crippen LogP contribution in [-0.2, 0) is 4.74 Å². The molecule has 0 aliphatic heterocycles. The van der Waals surface area contributed by atoms with Gasteiger partial charge in [-0.3, -0.25) is 9.97 Å². The van der Waals surface area contributed by atoms with E-state index < -0.39 is 23.2 Å².